The predicted octanol–water partition coefficient (Wildman–Crippen LogP) is 6.36. The van der Waals surface area contributed by atoms with E-state index < -0.39 is 0 Å². The van der Waals surface area contributed by atoms with Crippen molar-refractivity contribution in [2.24, 2.45) is 0 Å². The van der Waals surface area contributed by atoms with Crippen molar-refractivity contribution in [1.82, 2.24) is 4.90 Å². The van der Waals surface area contributed by atoms with Gasteiger partial charge in [0.2, 0.25) is 0 Å². The molecule has 0 N–H and O–H groups in total. The highest BCUT2D eigenvalue weighted by Gasteiger charge is 2.09. The summed E-state index contributed by atoms with van der Waals surface area (Å²) in [4.78, 5) is 2.60. The van der Waals surface area contributed by atoms with Gasteiger partial charge in [0.1, 0.15) is 0 Å². The largest absolute Gasteiger partial charge is 0.300 e. The van der Waals surface area contributed by atoms with Gasteiger partial charge >= 0.3 is 0 Å². The lowest BCUT2D eigenvalue weighted by molar-refractivity contribution is 0.295. The molecule has 1 fully saturated rings. The van der Waals surface area contributed by atoms with E-state index in [-0.39, 0.29) is 0 Å². The van der Waals surface area contributed by atoms with E-state index in [1.54, 1.807) is 5.57 Å². The number of allylic oxidation sites excluding steroid dienone is 3. The van der Waals surface area contributed by atoms with Crippen LogP contribution in [0.4, 0.5) is 0 Å². The van der Waals surface area contributed by atoms with Gasteiger partial charge < -0.3 is 0 Å². The third kappa shape index (κ3) is 9.90. The zero-order valence-corrected chi connectivity index (χ0v) is 15.4. The summed E-state index contributed by atoms with van der Waals surface area (Å²) in [6.07, 6.45) is 15.5. The van der Waals surface area contributed by atoms with Gasteiger partial charge in [-0.3, -0.25) is 4.90 Å². The molecular weight excluding hydrogens is 254 g/mol. The standard InChI is InChI=1S/C18H33N.C2H6/c1-4-6-7-8-15-19(14-5-2)16-10-11-17(3)18-12-9-13-18;1-2/h10-11H,4-9,12-16H2,1-3H3;1-2H3/b11-10+;. The highest BCUT2D eigenvalue weighted by molar-refractivity contribution is 5.27. The fourth-order valence-electron chi connectivity index (χ4n) is 2.62. The number of rotatable bonds is 10. The molecule has 1 aliphatic rings. The SMILES string of the molecule is CC.CCCCCCN(C/C=C/C(C)=C1CCC1)CCC. The lowest BCUT2D eigenvalue weighted by atomic mass is 9.88. The van der Waals surface area contributed by atoms with Gasteiger partial charge in [-0.25, -0.2) is 0 Å². The molecule has 0 saturated heterocycles. The molecule has 0 aromatic rings. The summed E-state index contributed by atoms with van der Waals surface area (Å²) in [5.41, 5.74) is 3.20. The molecule has 1 saturated carbocycles. The molecule has 0 heterocycles. The van der Waals surface area contributed by atoms with Crippen molar-refractivity contribution in [1.29, 1.82) is 0 Å². The lowest BCUT2D eigenvalue weighted by Crippen LogP contribution is -2.25. The monoisotopic (exact) mass is 293 g/mol. The van der Waals surface area contributed by atoms with E-state index in [0.29, 0.717) is 0 Å². The number of hydrogen-bond acceptors (Lipinski definition) is 1. The molecule has 1 nitrogen and oxygen atoms in total. The summed E-state index contributed by atoms with van der Waals surface area (Å²) in [5.74, 6) is 0. The van der Waals surface area contributed by atoms with E-state index >= 15 is 0 Å². The smallest absolute Gasteiger partial charge is 0.0166 e. The van der Waals surface area contributed by atoms with Crippen LogP contribution in [0.3, 0.4) is 0 Å². The fourth-order valence-corrected chi connectivity index (χ4v) is 2.62. The van der Waals surface area contributed by atoms with Crippen LogP contribution in [0.15, 0.2) is 23.3 Å². The third-order valence-corrected chi connectivity index (χ3v) is 4.11. The first-order valence-corrected chi connectivity index (χ1v) is 9.35. The van der Waals surface area contributed by atoms with E-state index in [0.717, 1.165) is 6.54 Å². The average molecular weight is 294 g/mol. The van der Waals surface area contributed by atoms with Crippen LogP contribution >= 0.6 is 0 Å². The molecule has 0 atom stereocenters. The van der Waals surface area contributed by atoms with E-state index in [1.807, 2.05) is 13.8 Å². The third-order valence-electron chi connectivity index (χ3n) is 4.11. The van der Waals surface area contributed by atoms with Crippen LogP contribution in [-0.2, 0) is 0 Å². The molecule has 21 heavy (non-hydrogen) atoms. The van der Waals surface area contributed by atoms with Gasteiger partial charge in [-0.05, 0) is 52.1 Å². The Hall–Kier alpha value is -0.560. The molecule has 0 aliphatic heterocycles. The predicted molar refractivity (Wildman–Crippen MR) is 97.9 cm³/mol. The molecule has 124 valence electrons. The lowest BCUT2D eigenvalue weighted by Gasteiger charge is -2.20. The quantitative estimate of drug-likeness (QED) is 0.423. The minimum atomic E-state index is 1.13. The second-order valence-corrected chi connectivity index (χ2v) is 5.90. The van der Waals surface area contributed by atoms with E-state index in [4.69, 9.17) is 0 Å². The maximum atomic E-state index is 2.60. The summed E-state index contributed by atoms with van der Waals surface area (Å²) in [5, 5.41) is 0. The van der Waals surface area contributed by atoms with Crippen molar-refractivity contribution in [2.75, 3.05) is 19.6 Å². The zero-order chi connectivity index (χ0) is 15.9. The van der Waals surface area contributed by atoms with Crippen molar-refractivity contribution in [3.8, 4) is 0 Å². The van der Waals surface area contributed by atoms with Crippen LogP contribution in [0.5, 0.6) is 0 Å². The van der Waals surface area contributed by atoms with Crippen LogP contribution in [0.2, 0.25) is 0 Å². The molecule has 1 aliphatic carbocycles. The van der Waals surface area contributed by atoms with E-state index in [2.05, 4.69) is 37.8 Å². The summed E-state index contributed by atoms with van der Waals surface area (Å²) in [6, 6.07) is 0. The van der Waals surface area contributed by atoms with Gasteiger partial charge in [-0.15, -0.1) is 0 Å². The Balaban J connectivity index is 0.00000191. The number of unbranched alkanes of at least 4 members (excludes halogenated alkanes) is 3. The molecule has 0 spiro atoms. The van der Waals surface area contributed by atoms with Gasteiger partial charge in [-0.2, -0.15) is 0 Å². The van der Waals surface area contributed by atoms with Crippen molar-refractivity contribution in [3.63, 3.8) is 0 Å². The Labute approximate surface area is 134 Å². The second kappa shape index (κ2) is 14.4. The minimum absolute atomic E-state index is 1.13. The normalized spacial score (nSPS) is 14.1. The van der Waals surface area contributed by atoms with E-state index in [9.17, 15) is 0 Å². The van der Waals surface area contributed by atoms with Gasteiger partial charge in [0, 0.05) is 6.54 Å². The Morgan fingerprint density at radius 2 is 1.71 bits per heavy atom. The van der Waals surface area contributed by atoms with Crippen LogP contribution in [-0.4, -0.2) is 24.5 Å². The van der Waals surface area contributed by atoms with Crippen molar-refractivity contribution in [3.05, 3.63) is 23.3 Å². The Bertz CT molecular complexity index is 282. The van der Waals surface area contributed by atoms with Gasteiger partial charge in [-0.1, -0.05) is 70.3 Å². The molecule has 0 amide bonds. The molecular formula is C20H39N. The first kappa shape index (κ1) is 20.4. The minimum Gasteiger partial charge on any atom is -0.300 e. The first-order valence-electron chi connectivity index (χ1n) is 9.35. The molecule has 0 unspecified atom stereocenters. The molecule has 0 aromatic carbocycles. The highest BCUT2D eigenvalue weighted by Crippen LogP contribution is 2.28. The zero-order valence-electron chi connectivity index (χ0n) is 15.4. The van der Waals surface area contributed by atoms with E-state index in [1.165, 1.54) is 70.0 Å². The Kier molecular flexibility index (Phi) is 14.0. The molecule has 0 radical (unpaired) electrons. The molecule has 0 aromatic heterocycles. The summed E-state index contributed by atoms with van der Waals surface area (Å²) in [7, 11) is 0. The van der Waals surface area contributed by atoms with Gasteiger partial charge in [0.05, 0.1) is 0 Å². The second-order valence-electron chi connectivity index (χ2n) is 5.90. The van der Waals surface area contributed by atoms with Crippen molar-refractivity contribution >= 4 is 0 Å². The van der Waals surface area contributed by atoms with Crippen LogP contribution in [0, 0.1) is 0 Å². The first-order chi connectivity index (χ1) is 10.3. The highest BCUT2D eigenvalue weighted by atomic mass is 15.1. The Morgan fingerprint density at radius 1 is 1.00 bits per heavy atom. The summed E-state index contributed by atoms with van der Waals surface area (Å²) in [6.45, 7) is 14.5. The maximum Gasteiger partial charge on any atom is 0.0166 e. The van der Waals surface area contributed by atoms with Crippen LogP contribution in [0.25, 0.3) is 0 Å². The summed E-state index contributed by atoms with van der Waals surface area (Å²) >= 11 is 0. The van der Waals surface area contributed by atoms with Gasteiger partial charge in [0.15, 0.2) is 0 Å². The van der Waals surface area contributed by atoms with Crippen LogP contribution in [0.1, 0.15) is 86.0 Å². The van der Waals surface area contributed by atoms with Crippen molar-refractivity contribution < 1.29 is 0 Å². The summed E-state index contributed by atoms with van der Waals surface area (Å²) < 4.78 is 0. The topological polar surface area (TPSA) is 3.24 Å². The fraction of sp³-hybridized carbons (Fsp3) is 0.800. The Morgan fingerprint density at radius 3 is 2.24 bits per heavy atom. The molecule has 0 bridgehead atoms. The van der Waals surface area contributed by atoms with Crippen LogP contribution < -0.4 is 0 Å². The van der Waals surface area contributed by atoms with Crippen molar-refractivity contribution in [2.45, 2.75) is 86.0 Å². The number of hydrogen-bond donors (Lipinski definition) is 0. The number of nitrogens with zero attached hydrogens (tertiary/aromatic N) is 1. The average Bonchev–Trinajstić information content (AvgIpc) is 2.44. The molecule has 1 rings (SSSR count). The maximum absolute atomic E-state index is 2.60. The van der Waals surface area contributed by atoms with Gasteiger partial charge in [0.25, 0.3) is 0 Å². The molecule has 1 heteroatoms.